The van der Waals surface area contributed by atoms with Crippen molar-refractivity contribution in [1.82, 2.24) is 0 Å². The maximum atomic E-state index is 11.6. The van der Waals surface area contributed by atoms with Crippen LogP contribution >= 0.6 is 0 Å². The average Bonchev–Trinajstić information content (AvgIpc) is 2.29. The van der Waals surface area contributed by atoms with Gasteiger partial charge in [0.15, 0.2) is 17.4 Å². The Morgan fingerprint density at radius 2 is 1.95 bits per heavy atom. The van der Waals surface area contributed by atoms with Crippen molar-refractivity contribution in [3.8, 4) is 0 Å². The zero-order chi connectivity index (χ0) is 16.6. The molecule has 0 aromatic carbocycles. The highest BCUT2D eigenvalue weighted by atomic mass is 28.4. The van der Waals surface area contributed by atoms with Crippen LogP contribution in [0.25, 0.3) is 0 Å². The van der Waals surface area contributed by atoms with Gasteiger partial charge in [0.1, 0.15) is 0 Å². The van der Waals surface area contributed by atoms with Gasteiger partial charge in [0, 0.05) is 12.0 Å². The van der Waals surface area contributed by atoms with Crippen LogP contribution < -0.4 is 0 Å². The van der Waals surface area contributed by atoms with Crippen LogP contribution in [-0.2, 0) is 18.4 Å². The highest BCUT2D eigenvalue weighted by Gasteiger charge is 2.22. The molecule has 0 heterocycles. The third-order valence-corrected chi connectivity index (χ3v) is 8.06. The molecule has 0 radical (unpaired) electrons. The summed E-state index contributed by atoms with van der Waals surface area (Å²) >= 11 is 0. The predicted molar refractivity (Wildman–Crippen MR) is 89.2 cm³/mol. The summed E-state index contributed by atoms with van der Waals surface area (Å²) in [5, 5.41) is 9.28. The van der Waals surface area contributed by atoms with Crippen LogP contribution in [0.15, 0.2) is 12.2 Å². The van der Waals surface area contributed by atoms with Crippen molar-refractivity contribution in [3.05, 3.63) is 12.2 Å². The minimum absolute atomic E-state index is 0.138. The summed E-state index contributed by atoms with van der Waals surface area (Å²) in [6.07, 6.45) is -0.656. The molecule has 124 valence electrons. The number of hydrogen-bond donors (Lipinski definition) is 1. The molecule has 0 bridgehead atoms. The molecule has 0 fully saturated rings. The van der Waals surface area contributed by atoms with E-state index in [4.69, 9.17) is 13.6 Å². The standard InChI is InChI=1S/C14H30O5Si2/c1-11(2)14(16)18-13(17-10-12(3)15)8-9-20(4)19-21(5,6)7/h12-13,15,20H,1,8-10H2,2-7H3. The Morgan fingerprint density at radius 1 is 1.38 bits per heavy atom. The van der Waals surface area contributed by atoms with E-state index in [1.165, 1.54) is 0 Å². The van der Waals surface area contributed by atoms with E-state index in [2.05, 4.69) is 32.8 Å². The Balaban J connectivity index is 4.38. The number of esters is 1. The van der Waals surface area contributed by atoms with Crippen molar-refractivity contribution in [2.24, 2.45) is 0 Å². The quantitative estimate of drug-likeness (QED) is 0.288. The van der Waals surface area contributed by atoms with Gasteiger partial charge in [0.05, 0.1) is 12.7 Å². The van der Waals surface area contributed by atoms with Gasteiger partial charge in [-0.3, -0.25) is 0 Å². The summed E-state index contributed by atoms with van der Waals surface area (Å²) in [4.78, 5) is 11.6. The highest BCUT2D eigenvalue weighted by Crippen LogP contribution is 2.14. The summed E-state index contributed by atoms with van der Waals surface area (Å²) < 4.78 is 16.8. The van der Waals surface area contributed by atoms with Crippen LogP contribution in [-0.4, -0.2) is 47.4 Å². The lowest BCUT2D eigenvalue weighted by Crippen LogP contribution is -2.34. The molecular formula is C14H30O5Si2. The first-order chi connectivity index (χ1) is 9.51. The molecule has 0 saturated heterocycles. The van der Waals surface area contributed by atoms with Crippen molar-refractivity contribution in [2.75, 3.05) is 6.61 Å². The maximum Gasteiger partial charge on any atom is 0.335 e. The number of carbonyl (C=O) groups excluding carboxylic acids is 1. The fourth-order valence-corrected chi connectivity index (χ4v) is 7.72. The van der Waals surface area contributed by atoms with Crippen LogP contribution in [0.2, 0.25) is 32.2 Å². The maximum absolute atomic E-state index is 11.6. The molecular weight excluding hydrogens is 304 g/mol. The zero-order valence-electron chi connectivity index (χ0n) is 14.1. The van der Waals surface area contributed by atoms with Crippen molar-refractivity contribution in [2.45, 2.75) is 64.9 Å². The lowest BCUT2D eigenvalue weighted by molar-refractivity contribution is -0.179. The molecule has 7 heteroatoms. The van der Waals surface area contributed by atoms with E-state index < -0.39 is 35.7 Å². The van der Waals surface area contributed by atoms with E-state index >= 15 is 0 Å². The van der Waals surface area contributed by atoms with Gasteiger partial charge in [-0.2, -0.15) is 0 Å². The SMILES string of the molecule is C=C(C)C(=O)OC(CC[SiH](C)O[Si](C)(C)C)OCC(C)O. The van der Waals surface area contributed by atoms with Crippen molar-refractivity contribution < 1.29 is 23.5 Å². The van der Waals surface area contributed by atoms with Crippen LogP contribution in [0.3, 0.4) is 0 Å². The van der Waals surface area contributed by atoms with Crippen LogP contribution in [0.1, 0.15) is 20.3 Å². The topological polar surface area (TPSA) is 65.0 Å². The summed E-state index contributed by atoms with van der Waals surface area (Å²) in [5.41, 5.74) is 0.337. The fraction of sp³-hybridized carbons (Fsp3) is 0.786. The summed E-state index contributed by atoms with van der Waals surface area (Å²) in [5.74, 6) is -0.467. The average molecular weight is 335 g/mol. The summed E-state index contributed by atoms with van der Waals surface area (Å²) in [6.45, 7) is 15.6. The highest BCUT2D eigenvalue weighted by molar-refractivity contribution is 6.77. The van der Waals surface area contributed by atoms with E-state index in [1.54, 1.807) is 13.8 Å². The van der Waals surface area contributed by atoms with Crippen LogP contribution in [0, 0.1) is 0 Å². The molecule has 21 heavy (non-hydrogen) atoms. The molecule has 0 amide bonds. The van der Waals surface area contributed by atoms with E-state index in [0.717, 1.165) is 6.04 Å². The second kappa shape index (κ2) is 9.52. The smallest absolute Gasteiger partial charge is 0.335 e. The monoisotopic (exact) mass is 334 g/mol. The van der Waals surface area contributed by atoms with Gasteiger partial charge in [-0.25, -0.2) is 4.79 Å². The molecule has 0 spiro atoms. The van der Waals surface area contributed by atoms with E-state index in [1.807, 2.05) is 0 Å². The van der Waals surface area contributed by atoms with Crippen LogP contribution in [0.5, 0.6) is 0 Å². The Kier molecular flexibility index (Phi) is 9.31. The number of aliphatic hydroxyl groups excluding tert-OH is 1. The first-order valence-electron chi connectivity index (χ1n) is 7.35. The second-order valence-electron chi connectivity index (χ2n) is 6.42. The molecule has 0 aliphatic carbocycles. The minimum atomic E-state index is -1.52. The van der Waals surface area contributed by atoms with Gasteiger partial charge in [0.2, 0.25) is 6.29 Å². The molecule has 0 saturated carbocycles. The normalized spacial score (nSPS) is 16.1. The molecule has 0 aliphatic rings. The number of carbonyl (C=O) groups is 1. The first kappa shape index (κ1) is 20.5. The number of aliphatic hydroxyl groups is 1. The van der Waals surface area contributed by atoms with E-state index in [-0.39, 0.29) is 6.61 Å². The Labute approximate surface area is 131 Å². The number of hydrogen-bond acceptors (Lipinski definition) is 5. The molecule has 1 N–H and O–H groups in total. The molecule has 0 aliphatic heterocycles. The third kappa shape index (κ3) is 11.8. The minimum Gasteiger partial charge on any atom is -0.458 e. The van der Waals surface area contributed by atoms with Gasteiger partial charge in [-0.05, 0) is 46.1 Å². The van der Waals surface area contributed by atoms with Gasteiger partial charge in [-0.1, -0.05) is 6.58 Å². The number of ether oxygens (including phenoxy) is 2. The first-order valence-corrected chi connectivity index (χ1v) is 13.2. The summed E-state index contributed by atoms with van der Waals surface area (Å²) in [6, 6.07) is 0.859. The molecule has 5 nitrogen and oxygen atoms in total. The van der Waals surface area contributed by atoms with Gasteiger partial charge < -0.3 is 18.7 Å². The molecule has 3 atom stereocenters. The Bertz CT molecular complexity index is 339. The largest absolute Gasteiger partial charge is 0.458 e. The predicted octanol–water partition coefficient (Wildman–Crippen LogP) is 2.42. The molecule has 3 unspecified atom stereocenters. The molecule has 0 aromatic rings. The lowest BCUT2D eigenvalue weighted by Gasteiger charge is -2.25. The second-order valence-corrected chi connectivity index (χ2v) is 13.8. The van der Waals surface area contributed by atoms with Gasteiger partial charge in [0.25, 0.3) is 0 Å². The zero-order valence-corrected chi connectivity index (χ0v) is 16.3. The van der Waals surface area contributed by atoms with Crippen molar-refractivity contribution >= 4 is 23.3 Å². The number of rotatable bonds is 10. The lowest BCUT2D eigenvalue weighted by atomic mass is 10.3. The Hall–Kier alpha value is -0.476. The van der Waals surface area contributed by atoms with Crippen molar-refractivity contribution in [3.63, 3.8) is 0 Å². The van der Waals surface area contributed by atoms with E-state index in [0.29, 0.717) is 12.0 Å². The van der Waals surface area contributed by atoms with E-state index in [9.17, 15) is 9.90 Å². The van der Waals surface area contributed by atoms with Crippen molar-refractivity contribution in [1.29, 1.82) is 0 Å². The van der Waals surface area contributed by atoms with Gasteiger partial charge >= 0.3 is 5.97 Å². The Morgan fingerprint density at radius 3 is 2.38 bits per heavy atom. The van der Waals surface area contributed by atoms with Crippen LogP contribution in [0.4, 0.5) is 0 Å². The van der Waals surface area contributed by atoms with Gasteiger partial charge in [-0.15, -0.1) is 0 Å². The molecule has 0 aromatic heterocycles. The fourth-order valence-electron chi connectivity index (χ4n) is 1.68. The third-order valence-electron chi connectivity index (χ3n) is 2.47. The molecule has 0 rings (SSSR count). The summed E-state index contributed by atoms with van der Waals surface area (Å²) in [7, 11) is -2.82.